The SMILES string of the molecule is CC1(C)CCCCC1NCC(O)COC1CCOCC1. The van der Waals surface area contributed by atoms with E-state index in [9.17, 15) is 5.11 Å². The number of aliphatic hydroxyl groups excluding tert-OH is 1. The summed E-state index contributed by atoms with van der Waals surface area (Å²) in [5, 5.41) is 13.6. The largest absolute Gasteiger partial charge is 0.389 e. The van der Waals surface area contributed by atoms with Crippen molar-refractivity contribution < 1.29 is 14.6 Å². The van der Waals surface area contributed by atoms with E-state index in [-0.39, 0.29) is 6.10 Å². The van der Waals surface area contributed by atoms with Crippen LogP contribution in [-0.2, 0) is 9.47 Å². The molecule has 118 valence electrons. The van der Waals surface area contributed by atoms with E-state index in [0.717, 1.165) is 26.1 Å². The highest BCUT2D eigenvalue weighted by molar-refractivity contribution is 4.88. The van der Waals surface area contributed by atoms with Crippen molar-refractivity contribution in [1.82, 2.24) is 5.32 Å². The molecule has 2 atom stereocenters. The van der Waals surface area contributed by atoms with Gasteiger partial charge in [0, 0.05) is 25.8 Å². The van der Waals surface area contributed by atoms with Gasteiger partial charge in [-0.1, -0.05) is 26.7 Å². The van der Waals surface area contributed by atoms with Crippen molar-refractivity contribution in [2.75, 3.05) is 26.4 Å². The van der Waals surface area contributed by atoms with Gasteiger partial charge >= 0.3 is 0 Å². The number of aliphatic hydroxyl groups is 1. The number of rotatable bonds is 6. The molecular formula is C16H31NO3. The minimum Gasteiger partial charge on any atom is -0.389 e. The lowest BCUT2D eigenvalue weighted by Crippen LogP contribution is -2.47. The third-order valence-corrected chi connectivity index (χ3v) is 4.80. The van der Waals surface area contributed by atoms with Gasteiger partial charge in [-0.05, 0) is 31.1 Å². The molecule has 1 saturated carbocycles. The third kappa shape index (κ3) is 4.99. The van der Waals surface area contributed by atoms with Crippen LogP contribution in [0, 0.1) is 5.41 Å². The van der Waals surface area contributed by atoms with Gasteiger partial charge in [0.05, 0.1) is 18.8 Å². The van der Waals surface area contributed by atoms with Crippen molar-refractivity contribution in [1.29, 1.82) is 0 Å². The highest BCUT2D eigenvalue weighted by Gasteiger charge is 2.32. The highest BCUT2D eigenvalue weighted by Crippen LogP contribution is 2.35. The van der Waals surface area contributed by atoms with Gasteiger partial charge < -0.3 is 19.9 Å². The lowest BCUT2D eigenvalue weighted by Gasteiger charge is -2.39. The summed E-state index contributed by atoms with van der Waals surface area (Å²) in [7, 11) is 0. The maximum absolute atomic E-state index is 10.1. The summed E-state index contributed by atoms with van der Waals surface area (Å²) in [4.78, 5) is 0. The molecule has 1 heterocycles. The molecular weight excluding hydrogens is 254 g/mol. The van der Waals surface area contributed by atoms with Gasteiger partial charge in [0.1, 0.15) is 0 Å². The molecule has 2 N–H and O–H groups in total. The van der Waals surface area contributed by atoms with Crippen LogP contribution in [0.4, 0.5) is 0 Å². The van der Waals surface area contributed by atoms with E-state index in [4.69, 9.17) is 9.47 Å². The van der Waals surface area contributed by atoms with Crippen molar-refractivity contribution in [2.24, 2.45) is 5.41 Å². The van der Waals surface area contributed by atoms with Crippen LogP contribution >= 0.6 is 0 Å². The summed E-state index contributed by atoms with van der Waals surface area (Å²) in [6.07, 6.45) is 6.90. The standard InChI is InChI=1S/C16H31NO3/c1-16(2)8-4-3-5-15(16)17-11-13(18)12-20-14-6-9-19-10-7-14/h13-15,17-18H,3-12H2,1-2H3. The fraction of sp³-hybridized carbons (Fsp3) is 1.00. The van der Waals surface area contributed by atoms with Crippen LogP contribution in [0.1, 0.15) is 52.4 Å². The minimum absolute atomic E-state index is 0.268. The summed E-state index contributed by atoms with van der Waals surface area (Å²) in [5.74, 6) is 0. The molecule has 2 fully saturated rings. The average molecular weight is 285 g/mol. The molecule has 4 nitrogen and oxygen atoms in total. The Kier molecular flexibility index (Phi) is 6.27. The van der Waals surface area contributed by atoms with Crippen LogP contribution in [0.5, 0.6) is 0 Å². The molecule has 1 saturated heterocycles. The van der Waals surface area contributed by atoms with Crippen LogP contribution in [-0.4, -0.2) is 49.7 Å². The van der Waals surface area contributed by atoms with Crippen molar-refractivity contribution in [3.05, 3.63) is 0 Å². The van der Waals surface area contributed by atoms with E-state index in [1.54, 1.807) is 0 Å². The van der Waals surface area contributed by atoms with Crippen molar-refractivity contribution in [3.63, 3.8) is 0 Å². The first kappa shape index (κ1) is 16.2. The minimum atomic E-state index is -0.407. The maximum atomic E-state index is 10.1. The Hall–Kier alpha value is -0.160. The predicted octanol–water partition coefficient (Wildman–Crippen LogP) is 2.10. The lowest BCUT2D eigenvalue weighted by atomic mass is 9.73. The zero-order valence-electron chi connectivity index (χ0n) is 13.1. The molecule has 2 unspecified atom stereocenters. The molecule has 0 aromatic rings. The van der Waals surface area contributed by atoms with Crippen LogP contribution in [0.2, 0.25) is 0 Å². The van der Waals surface area contributed by atoms with E-state index in [2.05, 4.69) is 19.2 Å². The second kappa shape index (κ2) is 7.74. The molecule has 0 bridgehead atoms. The Labute approximate surface area is 123 Å². The summed E-state index contributed by atoms with van der Waals surface area (Å²) < 4.78 is 11.1. The summed E-state index contributed by atoms with van der Waals surface area (Å²) in [6.45, 7) is 7.30. The molecule has 20 heavy (non-hydrogen) atoms. The van der Waals surface area contributed by atoms with Gasteiger partial charge in [-0.25, -0.2) is 0 Å². The fourth-order valence-corrected chi connectivity index (χ4v) is 3.30. The number of hydrogen-bond acceptors (Lipinski definition) is 4. The lowest BCUT2D eigenvalue weighted by molar-refractivity contribution is -0.0596. The van der Waals surface area contributed by atoms with E-state index in [1.165, 1.54) is 25.7 Å². The molecule has 0 radical (unpaired) electrons. The predicted molar refractivity (Wildman–Crippen MR) is 79.8 cm³/mol. The average Bonchev–Trinajstić information content (AvgIpc) is 2.44. The molecule has 2 aliphatic rings. The van der Waals surface area contributed by atoms with Crippen LogP contribution < -0.4 is 5.32 Å². The molecule has 0 spiro atoms. The first-order chi connectivity index (χ1) is 9.58. The van der Waals surface area contributed by atoms with E-state index in [1.807, 2.05) is 0 Å². The second-order valence-corrected chi connectivity index (χ2v) is 6.99. The van der Waals surface area contributed by atoms with Gasteiger partial charge in [-0.3, -0.25) is 0 Å². The summed E-state index contributed by atoms with van der Waals surface area (Å²) in [5.41, 5.74) is 0.347. The van der Waals surface area contributed by atoms with Crippen LogP contribution in [0.3, 0.4) is 0 Å². The van der Waals surface area contributed by atoms with Gasteiger partial charge in [-0.15, -0.1) is 0 Å². The first-order valence-electron chi connectivity index (χ1n) is 8.19. The van der Waals surface area contributed by atoms with E-state index < -0.39 is 6.10 Å². The number of ether oxygens (including phenoxy) is 2. The molecule has 4 heteroatoms. The Morgan fingerprint density at radius 3 is 2.70 bits per heavy atom. The number of hydrogen-bond donors (Lipinski definition) is 2. The van der Waals surface area contributed by atoms with Crippen molar-refractivity contribution in [3.8, 4) is 0 Å². The van der Waals surface area contributed by atoms with Gasteiger partial charge in [0.15, 0.2) is 0 Å². The zero-order valence-corrected chi connectivity index (χ0v) is 13.1. The fourth-order valence-electron chi connectivity index (χ4n) is 3.30. The summed E-state index contributed by atoms with van der Waals surface area (Å²) in [6, 6.07) is 0.522. The quantitative estimate of drug-likeness (QED) is 0.785. The summed E-state index contributed by atoms with van der Waals surface area (Å²) >= 11 is 0. The third-order valence-electron chi connectivity index (χ3n) is 4.80. The molecule has 1 aliphatic carbocycles. The first-order valence-corrected chi connectivity index (χ1v) is 8.19. The Balaban J connectivity index is 1.62. The second-order valence-electron chi connectivity index (χ2n) is 6.99. The normalized spacial score (nSPS) is 29.2. The topological polar surface area (TPSA) is 50.7 Å². The highest BCUT2D eigenvalue weighted by atomic mass is 16.5. The molecule has 0 amide bonds. The Bertz CT molecular complexity index is 277. The molecule has 0 aromatic carbocycles. The monoisotopic (exact) mass is 285 g/mol. The molecule has 2 rings (SSSR count). The molecule has 0 aromatic heterocycles. The van der Waals surface area contributed by atoms with Crippen molar-refractivity contribution >= 4 is 0 Å². The van der Waals surface area contributed by atoms with Gasteiger partial charge in [-0.2, -0.15) is 0 Å². The van der Waals surface area contributed by atoms with Crippen molar-refractivity contribution in [2.45, 2.75) is 70.6 Å². The van der Waals surface area contributed by atoms with Crippen LogP contribution in [0.25, 0.3) is 0 Å². The maximum Gasteiger partial charge on any atom is 0.0897 e. The van der Waals surface area contributed by atoms with Gasteiger partial charge in [0.25, 0.3) is 0 Å². The van der Waals surface area contributed by atoms with Crippen LogP contribution in [0.15, 0.2) is 0 Å². The Morgan fingerprint density at radius 1 is 1.25 bits per heavy atom. The van der Waals surface area contributed by atoms with Gasteiger partial charge in [0.2, 0.25) is 0 Å². The number of nitrogens with one attached hydrogen (secondary N) is 1. The Morgan fingerprint density at radius 2 is 2.00 bits per heavy atom. The van der Waals surface area contributed by atoms with E-state index in [0.29, 0.717) is 24.6 Å². The van der Waals surface area contributed by atoms with E-state index >= 15 is 0 Å². The molecule has 1 aliphatic heterocycles. The smallest absolute Gasteiger partial charge is 0.0897 e. The zero-order chi connectivity index (χ0) is 14.4.